The second-order valence-electron chi connectivity index (χ2n) is 3.67. The van der Waals surface area contributed by atoms with Gasteiger partial charge in [-0.15, -0.1) is 0 Å². The largest absolute Gasteiger partial charge is 0.354 e. The van der Waals surface area contributed by atoms with Gasteiger partial charge in [-0.1, -0.05) is 17.7 Å². The molecule has 0 unspecified atom stereocenters. The smallest absolute Gasteiger partial charge is 0.269 e. The van der Waals surface area contributed by atoms with Gasteiger partial charge < -0.3 is 10.6 Å². The lowest BCUT2D eigenvalue weighted by Gasteiger charge is -2.15. The zero-order valence-corrected chi connectivity index (χ0v) is 9.84. The molecular formula is C12H14ClN3O. The van der Waals surface area contributed by atoms with Gasteiger partial charge in [0.1, 0.15) is 10.8 Å². The molecule has 0 saturated heterocycles. The van der Waals surface area contributed by atoms with Crippen LogP contribution in [-0.4, -0.2) is 31.0 Å². The number of carbonyl (C=O) groups is 1. The SMILES string of the molecule is [2H]C([2H])([2H])NC(=O)c1ccc(C2=CCNCC2)c(Cl)n1. The summed E-state index contributed by atoms with van der Waals surface area (Å²) in [6, 6.07) is 3.17. The van der Waals surface area contributed by atoms with Crippen molar-refractivity contribution in [2.45, 2.75) is 6.42 Å². The Kier molecular flexibility index (Phi) is 2.70. The standard InChI is InChI=1S/C12H14ClN3O/c1-14-12(17)10-3-2-9(11(13)16-10)8-4-6-15-7-5-8/h2-4,15H,5-7H2,1H3,(H,14,17)/i1D3. The molecule has 0 spiro atoms. The van der Waals surface area contributed by atoms with Crippen LogP contribution in [0.4, 0.5) is 0 Å². The zero-order chi connectivity index (χ0) is 14.8. The highest BCUT2D eigenvalue weighted by Crippen LogP contribution is 2.25. The molecule has 90 valence electrons. The van der Waals surface area contributed by atoms with Gasteiger partial charge >= 0.3 is 0 Å². The van der Waals surface area contributed by atoms with E-state index in [1.807, 2.05) is 11.4 Å². The van der Waals surface area contributed by atoms with Crippen LogP contribution < -0.4 is 10.6 Å². The summed E-state index contributed by atoms with van der Waals surface area (Å²) in [6.45, 7) is -0.905. The van der Waals surface area contributed by atoms with Gasteiger partial charge in [0.25, 0.3) is 5.91 Å². The van der Waals surface area contributed by atoms with Crippen molar-refractivity contribution in [1.82, 2.24) is 15.6 Å². The molecule has 2 heterocycles. The van der Waals surface area contributed by atoms with Crippen molar-refractivity contribution in [3.63, 3.8) is 0 Å². The number of hydrogen-bond acceptors (Lipinski definition) is 3. The Hall–Kier alpha value is -1.39. The van der Waals surface area contributed by atoms with Crippen molar-refractivity contribution in [2.24, 2.45) is 0 Å². The van der Waals surface area contributed by atoms with Gasteiger partial charge in [0.05, 0.1) is 0 Å². The van der Waals surface area contributed by atoms with Crippen molar-refractivity contribution in [3.8, 4) is 0 Å². The molecule has 1 aliphatic heterocycles. The minimum absolute atomic E-state index is 0.00981. The van der Waals surface area contributed by atoms with Gasteiger partial charge in [0.15, 0.2) is 0 Å². The van der Waals surface area contributed by atoms with Crippen molar-refractivity contribution in [2.75, 3.05) is 20.1 Å². The Morgan fingerprint density at radius 3 is 3.18 bits per heavy atom. The number of nitrogens with zero attached hydrogens (tertiary/aromatic N) is 1. The molecule has 1 aliphatic rings. The first-order chi connectivity index (χ1) is 9.37. The average Bonchev–Trinajstić information content (AvgIpc) is 2.37. The lowest BCUT2D eigenvalue weighted by Crippen LogP contribution is -2.21. The maximum absolute atomic E-state index is 11.7. The monoisotopic (exact) mass is 254 g/mol. The minimum atomic E-state index is -2.54. The maximum atomic E-state index is 11.7. The lowest BCUT2D eigenvalue weighted by molar-refractivity contribution is 0.0958. The number of amides is 1. The summed E-state index contributed by atoms with van der Waals surface area (Å²) in [4.78, 5) is 15.7. The number of halogens is 1. The van der Waals surface area contributed by atoms with Crippen molar-refractivity contribution >= 4 is 23.1 Å². The number of aromatic nitrogens is 1. The van der Waals surface area contributed by atoms with Gasteiger partial charge in [-0.05, 0) is 30.7 Å². The molecule has 0 aliphatic carbocycles. The molecule has 4 nitrogen and oxygen atoms in total. The van der Waals surface area contributed by atoms with E-state index in [0.29, 0.717) is 0 Å². The fourth-order valence-corrected chi connectivity index (χ4v) is 2.01. The van der Waals surface area contributed by atoms with Crippen molar-refractivity contribution in [1.29, 1.82) is 0 Å². The summed E-state index contributed by atoms with van der Waals surface area (Å²) in [6.07, 6.45) is 2.86. The summed E-state index contributed by atoms with van der Waals surface area (Å²) >= 11 is 6.09. The fraction of sp³-hybridized carbons (Fsp3) is 0.333. The molecule has 17 heavy (non-hydrogen) atoms. The van der Waals surface area contributed by atoms with E-state index in [2.05, 4.69) is 10.3 Å². The molecule has 5 heteroatoms. The highest BCUT2D eigenvalue weighted by molar-refractivity contribution is 6.31. The van der Waals surface area contributed by atoms with E-state index in [4.69, 9.17) is 15.7 Å². The summed E-state index contributed by atoms with van der Waals surface area (Å²) in [5.41, 5.74) is 1.84. The van der Waals surface area contributed by atoms with Crippen LogP contribution in [0, 0.1) is 0 Å². The van der Waals surface area contributed by atoms with Crippen LogP contribution in [0.1, 0.15) is 26.6 Å². The van der Waals surface area contributed by atoms with E-state index in [9.17, 15) is 4.79 Å². The molecule has 0 saturated carbocycles. The number of hydrogen-bond donors (Lipinski definition) is 2. The Labute approximate surface area is 109 Å². The Morgan fingerprint density at radius 2 is 2.53 bits per heavy atom. The van der Waals surface area contributed by atoms with Gasteiger partial charge in [-0.25, -0.2) is 4.98 Å². The third-order valence-electron chi connectivity index (χ3n) is 2.60. The van der Waals surface area contributed by atoms with E-state index >= 15 is 0 Å². The summed E-state index contributed by atoms with van der Waals surface area (Å²) < 4.78 is 21.0. The number of pyridine rings is 1. The van der Waals surface area contributed by atoms with E-state index in [0.717, 1.165) is 30.6 Å². The Balaban J connectivity index is 2.21. The fourth-order valence-electron chi connectivity index (χ4n) is 1.73. The molecule has 0 fully saturated rings. The van der Waals surface area contributed by atoms with Crippen LogP contribution in [0.25, 0.3) is 5.57 Å². The van der Waals surface area contributed by atoms with Crippen molar-refractivity contribution < 1.29 is 8.91 Å². The quantitative estimate of drug-likeness (QED) is 0.786. The predicted octanol–water partition coefficient (Wildman–Crippen LogP) is 1.47. The molecule has 0 radical (unpaired) electrons. The summed E-state index contributed by atoms with van der Waals surface area (Å²) in [7, 11) is 0. The molecular weight excluding hydrogens is 238 g/mol. The van der Waals surface area contributed by atoms with Gasteiger partial charge in [0, 0.05) is 23.2 Å². The second-order valence-corrected chi connectivity index (χ2v) is 4.03. The molecule has 1 aromatic rings. The van der Waals surface area contributed by atoms with Crippen LogP contribution in [0.5, 0.6) is 0 Å². The third kappa shape index (κ3) is 2.65. The molecule has 0 atom stereocenters. The van der Waals surface area contributed by atoms with Crippen LogP contribution >= 0.6 is 11.6 Å². The Bertz CT molecular complexity index is 557. The van der Waals surface area contributed by atoms with E-state index in [1.165, 1.54) is 6.07 Å². The topological polar surface area (TPSA) is 54.0 Å². The first-order valence-corrected chi connectivity index (χ1v) is 5.64. The van der Waals surface area contributed by atoms with Crippen LogP contribution in [0.2, 0.25) is 5.15 Å². The summed E-state index contributed by atoms with van der Waals surface area (Å²) in [5.74, 6) is -0.766. The van der Waals surface area contributed by atoms with Crippen LogP contribution in [0.15, 0.2) is 18.2 Å². The van der Waals surface area contributed by atoms with Gasteiger partial charge in [-0.3, -0.25) is 4.79 Å². The minimum Gasteiger partial charge on any atom is -0.354 e. The van der Waals surface area contributed by atoms with E-state index in [1.54, 1.807) is 6.07 Å². The molecule has 2 rings (SSSR count). The van der Waals surface area contributed by atoms with Gasteiger partial charge in [-0.2, -0.15) is 0 Å². The third-order valence-corrected chi connectivity index (χ3v) is 2.89. The average molecular weight is 255 g/mol. The second kappa shape index (κ2) is 5.29. The first-order valence-electron chi connectivity index (χ1n) is 6.76. The molecule has 1 aromatic heterocycles. The van der Waals surface area contributed by atoms with Crippen LogP contribution in [-0.2, 0) is 0 Å². The molecule has 0 aromatic carbocycles. The molecule has 2 N–H and O–H groups in total. The summed E-state index contributed by atoms with van der Waals surface area (Å²) in [5, 5.41) is 5.27. The van der Waals surface area contributed by atoms with Crippen molar-refractivity contribution in [3.05, 3.63) is 34.6 Å². The molecule has 1 amide bonds. The lowest BCUT2D eigenvalue weighted by atomic mass is 10.0. The molecule has 0 bridgehead atoms. The first kappa shape index (κ1) is 8.66. The zero-order valence-electron chi connectivity index (χ0n) is 12.1. The Morgan fingerprint density at radius 1 is 1.65 bits per heavy atom. The maximum Gasteiger partial charge on any atom is 0.269 e. The normalized spacial score (nSPS) is 18.6. The highest BCUT2D eigenvalue weighted by Gasteiger charge is 2.13. The van der Waals surface area contributed by atoms with Crippen LogP contribution in [0.3, 0.4) is 0 Å². The predicted molar refractivity (Wildman–Crippen MR) is 68.1 cm³/mol. The van der Waals surface area contributed by atoms with E-state index in [-0.39, 0.29) is 10.8 Å². The number of nitrogens with one attached hydrogen (secondary N) is 2. The highest BCUT2D eigenvalue weighted by atomic mass is 35.5. The van der Waals surface area contributed by atoms with Gasteiger partial charge in [0.2, 0.25) is 0 Å². The van der Waals surface area contributed by atoms with E-state index < -0.39 is 12.9 Å². The number of rotatable bonds is 2. The number of carbonyl (C=O) groups excluding carboxylic acids is 1.